The third-order valence-corrected chi connectivity index (χ3v) is 3.35. The molecular formula is C14H18N2O2. The summed E-state index contributed by atoms with van der Waals surface area (Å²) < 4.78 is 0. The van der Waals surface area contributed by atoms with Crippen molar-refractivity contribution in [2.45, 2.75) is 38.9 Å². The molecule has 96 valence electrons. The minimum absolute atomic E-state index is 0.00783. The molecule has 1 aliphatic heterocycles. The molecule has 1 aliphatic rings. The van der Waals surface area contributed by atoms with Crippen LogP contribution >= 0.6 is 0 Å². The highest BCUT2D eigenvalue weighted by Crippen LogP contribution is 2.15. The topological polar surface area (TPSA) is 49.4 Å². The maximum Gasteiger partial charge on any atom is 0.246 e. The van der Waals surface area contributed by atoms with Crippen LogP contribution in [0, 0.1) is 0 Å². The normalized spacial score (nSPS) is 24.0. The predicted octanol–water partition coefficient (Wildman–Crippen LogP) is 1.31. The van der Waals surface area contributed by atoms with Crippen molar-refractivity contribution in [3.63, 3.8) is 0 Å². The molecule has 0 aliphatic carbocycles. The average molecular weight is 246 g/mol. The summed E-state index contributed by atoms with van der Waals surface area (Å²) in [5.41, 5.74) is 1.04. The van der Waals surface area contributed by atoms with Gasteiger partial charge in [0.05, 0.1) is 0 Å². The van der Waals surface area contributed by atoms with Crippen molar-refractivity contribution in [3.8, 4) is 0 Å². The highest BCUT2D eigenvalue weighted by Gasteiger charge is 2.36. The zero-order chi connectivity index (χ0) is 13.1. The molecule has 1 aromatic rings. The van der Waals surface area contributed by atoms with Gasteiger partial charge in [0.1, 0.15) is 12.1 Å². The second kappa shape index (κ2) is 5.21. The molecular weight excluding hydrogens is 228 g/mol. The molecule has 18 heavy (non-hydrogen) atoms. The van der Waals surface area contributed by atoms with E-state index in [1.165, 1.54) is 0 Å². The van der Waals surface area contributed by atoms with Gasteiger partial charge in [-0.25, -0.2) is 0 Å². The van der Waals surface area contributed by atoms with Gasteiger partial charge < -0.3 is 10.2 Å². The summed E-state index contributed by atoms with van der Waals surface area (Å²) in [5.74, 6) is -0.0640. The van der Waals surface area contributed by atoms with Crippen molar-refractivity contribution in [3.05, 3.63) is 35.9 Å². The number of hydrogen-bond acceptors (Lipinski definition) is 2. The molecule has 1 fully saturated rings. The van der Waals surface area contributed by atoms with Gasteiger partial charge in [-0.1, -0.05) is 37.3 Å². The number of carbonyl (C=O) groups is 2. The van der Waals surface area contributed by atoms with Crippen LogP contribution in [-0.4, -0.2) is 28.8 Å². The first-order valence-corrected chi connectivity index (χ1v) is 6.28. The Morgan fingerprint density at radius 1 is 1.22 bits per heavy atom. The van der Waals surface area contributed by atoms with E-state index < -0.39 is 6.04 Å². The van der Waals surface area contributed by atoms with Crippen molar-refractivity contribution in [2.24, 2.45) is 0 Å². The van der Waals surface area contributed by atoms with Crippen molar-refractivity contribution in [1.29, 1.82) is 0 Å². The minimum atomic E-state index is -0.402. The first-order chi connectivity index (χ1) is 8.63. The fraction of sp³-hybridized carbons (Fsp3) is 0.429. The molecule has 2 rings (SSSR count). The number of nitrogens with zero attached hydrogens (tertiary/aromatic N) is 1. The Morgan fingerprint density at radius 3 is 2.50 bits per heavy atom. The molecule has 1 N–H and O–H groups in total. The Balaban J connectivity index is 2.18. The highest BCUT2D eigenvalue weighted by molar-refractivity contribution is 5.96. The van der Waals surface area contributed by atoms with Crippen molar-refractivity contribution in [1.82, 2.24) is 10.2 Å². The average Bonchev–Trinajstić information content (AvgIpc) is 2.40. The lowest BCUT2D eigenvalue weighted by molar-refractivity contribution is -0.149. The zero-order valence-corrected chi connectivity index (χ0v) is 10.7. The van der Waals surface area contributed by atoms with Gasteiger partial charge in [0.2, 0.25) is 11.8 Å². The lowest BCUT2D eigenvalue weighted by Crippen LogP contribution is -2.61. The van der Waals surface area contributed by atoms with E-state index in [1.807, 2.05) is 37.3 Å². The third kappa shape index (κ3) is 2.37. The fourth-order valence-electron chi connectivity index (χ4n) is 2.16. The standard InChI is InChI=1S/C14H18N2O2/c1-3-12-14(18)16(10(2)13(17)15-12)9-11-7-5-4-6-8-11/h4-8,10,12H,3,9H2,1-2H3,(H,15,17)/t10-,12+/m0/s1. The van der Waals surface area contributed by atoms with E-state index >= 15 is 0 Å². The Hall–Kier alpha value is -1.84. The molecule has 1 aromatic carbocycles. The van der Waals surface area contributed by atoms with Gasteiger partial charge in [-0.15, -0.1) is 0 Å². The second-order valence-electron chi connectivity index (χ2n) is 4.60. The van der Waals surface area contributed by atoms with Crippen LogP contribution < -0.4 is 5.32 Å². The number of nitrogens with one attached hydrogen (secondary N) is 1. The van der Waals surface area contributed by atoms with Crippen LogP contribution in [0.4, 0.5) is 0 Å². The van der Waals surface area contributed by atoms with E-state index in [0.717, 1.165) is 5.56 Å². The number of amides is 2. The summed E-state index contributed by atoms with van der Waals surface area (Å²) in [6.45, 7) is 4.16. The predicted molar refractivity (Wildman–Crippen MR) is 68.7 cm³/mol. The molecule has 1 saturated heterocycles. The smallest absolute Gasteiger partial charge is 0.246 e. The Kier molecular flexibility index (Phi) is 3.65. The van der Waals surface area contributed by atoms with Gasteiger partial charge in [-0.2, -0.15) is 0 Å². The van der Waals surface area contributed by atoms with E-state index in [-0.39, 0.29) is 17.9 Å². The number of hydrogen-bond donors (Lipinski definition) is 1. The summed E-state index contributed by atoms with van der Waals surface area (Å²) in [4.78, 5) is 25.7. The van der Waals surface area contributed by atoms with Crippen LogP contribution in [0.25, 0.3) is 0 Å². The Labute approximate surface area is 107 Å². The molecule has 2 amide bonds. The molecule has 2 atom stereocenters. The molecule has 0 radical (unpaired) electrons. The number of rotatable bonds is 3. The number of carbonyl (C=O) groups excluding carboxylic acids is 2. The summed E-state index contributed by atoms with van der Waals surface area (Å²) in [6, 6.07) is 8.96. The van der Waals surface area contributed by atoms with Crippen molar-refractivity contribution in [2.75, 3.05) is 0 Å². The maximum absolute atomic E-state index is 12.2. The van der Waals surface area contributed by atoms with Gasteiger partial charge in [-0.3, -0.25) is 9.59 Å². The van der Waals surface area contributed by atoms with Crippen LogP contribution in [0.1, 0.15) is 25.8 Å². The molecule has 1 heterocycles. The van der Waals surface area contributed by atoms with E-state index in [1.54, 1.807) is 11.8 Å². The highest BCUT2D eigenvalue weighted by atomic mass is 16.2. The zero-order valence-electron chi connectivity index (χ0n) is 10.7. The molecule has 0 bridgehead atoms. The molecule has 0 spiro atoms. The van der Waals surface area contributed by atoms with Gasteiger partial charge in [-0.05, 0) is 18.9 Å². The lowest BCUT2D eigenvalue weighted by Gasteiger charge is -2.37. The van der Waals surface area contributed by atoms with Gasteiger partial charge in [0, 0.05) is 6.54 Å². The molecule has 4 nitrogen and oxygen atoms in total. The summed E-state index contributed by atoms with van der Waals surface area (Å²) in [7, 11) is 0. The maximum atomic E-state index is 12.2. The largest absolute Gasteiger partial charge is 0.343 e. The van der Waals surface area contributed by atoms with Crippen LogP contribution in [0.5, 0.6) is 0 Å². The van der Waals surface area contributed by atoms with Crippen molar-refractivity contribution >= 4 is 11.8 Å². The summed E-state index contributed by atoms with van der Waals surface area (Å²) >= 11 is 0. The molecule has 0 unspecified atom stereocenters. The first kappa shape index (κ1) is 12.6. The SMILES string of the molecule is CC[C@H]1NC(=O)[C@H](C)N(Cc2ccccc2)C1=O. The van der Waals surface area contributed by atoms with E-state index in [2.05, 4.69) is 5.32 Å². The number of benzene rings is 1. The van der Waals surface area contributed by atoms with E-state index in [0.29, 0.717) is 13.0 Å². The number of piperazine rings is 1. The Morgan fingerprint density at radius 2 is 1.89 bits per heavy atom. The van der Waals surface area contributed by atoms with Crippen LogP contribution in [0.2, 0.25) is 0 Å². The summed E-state index contributed by atoms with van der Waals surface area (Å²) in [5, 5.41) is 2.75. The van der Waals surface area contributed by atoms with Gasteiger partial charge in [0.15, 0.2) is 0 Å². The monoisotopic (exact) mass is 246 g/mol. The molecule has 0 saturated carbocycles. The van der Waals surface area contributed by atoms with Crippen LogP contribution in [0.15, 0.2) is 30.3 Å². The van der Waals surface area contributed by atoms with Crippen LogP contribution in [0.3, 0.4) is 0 Å². The second-order valence-corrected chi connectivity index (χ2v) is 4.60. The fourth-order valence-corrected chi connectivity index (χ4v) is 2.16. The van der Waals surface area contributed by atoms with E-state index in [9.17, 15) is 9.59 Å². The summed E-state index contributed by atoms with van der Waals surface area (Å²) in [6.07, 6.45) is 0.628. The minimum Gasteiger partial charge on any atom is -0.343 e. The lowest BCUT2D eigenvalue weighted by atomic mass is 10.1. The van der Waals surface area contributed by atoms with Gasteiger partial charge >= 0.3 is 0 Å². The third-order valence-electron chi connectivity index (χ3n) is 3.35. The molecule has 4 heteroatoms. The van der Waals surface area contributed by atoms with Gasteiger partial charge in [0.25, 0.3) is 0 Å². The molecule has 0 aromatic heterocycles. The quantitative estimate of drug-likeness (QED) is 0.874. The van der Waals surface area contributed by atoms with E-state index in [4.69, 9.17) is 0 Å². The van der Waals surface area contributed by atoms with Crippen molar-refractivity contribution < 1.29 is 9.59 Å². The van der Waals surface area contributed by atoms with Crippen LogP contribution in [-0.2, 0) is 16.1 Å². The Bertz CT molecular complexity index is 444. The first-order valence-electron chi connectivity index (χ1n) is 6.28.